The second-order valence-corrected chi connectivity index (χ2v) is 8.47. The van der Waals surface area contributed by atoms with E-state index in [-0.39, 0.29) is 11.9 Å². The van der Waals surface area contributed by atoms with E-state index < -0.39 is 0 Å². The lowest BCUT2D eigenvalue weighted by Crippen LogP contribution is -2.38. The number of ether oxygens (including phenoxy) is 1. The van der Waals surface area contributed by atoms with Crippen LogP contribution < -0.4 is 4.74 Å². The Labute approximate surface area is 160 Å². The van der Waals surface area contributed by atoms with E-state index in [1.165, 1.54) is 11.1 Å². The maximum atomic E-state index is 14.6. The molecular weight excluding hydrogens is 339 g/mol. The van der Waals surface area contributed by atoms with Gasteiger partial charge in [0.15, 0.2) is 0 Å². The maximum absolute atomic E-state index is 14.6. The molecule has 2 aromatic carbocycles. The van der Waals surface area contributed by atoms with E-state index in [1.54, 1.807) is 6.07 Å². The molecule has 4 atom stereocenters. The minimum atomic E-state index is -0.0330. The van der Waals surface area contributed by atoms with Crippen molar-refractivity contribution in [1.29, 1.82) is 0 Å². The van der Waals surface area contributed by atoms with Gasteiger partial charge in [-0.05, 0) is 50.6 Å². The molecule has 0 spiro atoms. The highest BCUT2D eigenvalue weighted by atomic mass is 19.1. The zero-order chi connectivity index (χ0) is 18.5. The Morgan fingerprint density at radius 1 is 1.07 bits per heavy atom. The van der Waals surface area contributed by atoms with Crippen LogP contribution in [0.5, 0.6) is 5.75 Å². The van der Waals surface area contributed by atoms with Gasteiger partial charge in [-0.15, -0.1) is 0 Å². The monoisotopic (exact) mass is 366 g/mol. The van der Waals surface area contributed by atoms with Gasteiger partial charge >= 0.3 is 0 Å². The van der Waals surface area contributed by atoms with Crippen molar-refractivity contribution in [1.82, 2.24) is 9.80 Å². The molecule has 0 N–H and O–H groups in total. The van der Waals surface area contributed by atoms with Crippen molar-refractivity contribution in [2.24, 2.45) is 5.92 Å². The van der Waals surface area contributed by atoms with Crippen LogP contribution in [0.1, 0.15) is 35.1 Å². The number of halogens is 1. The molecule has 0 radical (unpaired) electrons. The number of rotatable bonds is 3. The van der Waals surface area contributed by atoms with Crippen LogP contribution in [0.15, 0.2) is 42.5 Å². The molecule has 3 nitrogen and oxygen atoms in total. The van der Waals surface area contributed by atoms with Crippen LogP contribution in [0, 0.1) is 11.7 Å². The van der Waals surface area contributed by atoms with Crippen molar-refractivity contribution in [2.45, 2.75) is 30.8 Å². The minimum Gasteiger partial charge on any atom is -0.493 e. The van der Waals surface area contributed by atoms with Gasteiger partial charge in [0.25, 0.3) is 0 Å². The summed E-state index contributed by atoms with van der Waals surface area (Å²) in [6.07, 6.45) is 2.02. The van der Waals surface area contributed by atoms with Crippen molar-refractivity contribution in [3.63, 3.8) is 0 Å². The van der Waals surface area contributed by atoms with E-state index in [0.717, 1.165) is 43.9 Å². The summed E-state index contributed by atoms with van der Waals surface area (Å²) in [7, 11) is 4.35. The number of fused-ring (bicyclic) bond motifs is 2. The van der Waals surface area contributed by atoms with Gasteiger partial charge < -0.3 is 9.64 Å². The number of hydrogen-bond donors (Lipinski definition) is 0. The minimum absolute atomic E-state index is 0.0330. The molecule has 1 aliphatic carbocycles. The summed E-state index contributed by atoms with van der Waals surface area (Å²) in [4.78, 5) is 4.88. The number of para-hydroxylation sites is 1. The lowest BCUT2D eigenvalue weighted by Gasteiger charge is -2.28. The molecule has 1 fully saturated rings. The molecule has 1 unspecified atom stereocenters. The molecule has 3 aliphatic rings. The smallest absolute Gasteiger partial charge is 0.128 e. The predicted molar refractivity (Wildman–Crippen MR) is 105 cm³/mol. The second-order valence-electron chi connectivity index (χ2n) is 8.47. The van der Waals surface area contributed by atoms with Crippen LogP contribution >= 0.6 is 0 Å². The van der Waals surface area contributed by atoms with E-state index in [1.807, 2.05) is 12.1 Å². The lowest BCUT2D eigenvalue weighted by atomic mass is 9.84. The number of benzene rings is 2. The molecule has 0 amide bonds. The number of likely N-dealkylation sites (N-methyl/N-ethyl adjacent to an activating group) is 1. The van der Waals surface area contributed by atoms with E-state index >= 15 is 0 Å². The first-order valence-corrected chi connectivity index (χ1v) is 10.0. The Morgan fingerprint density at radius 2 is 1.93 bits per heavy atom. The quantitative estimate of drug-likeness (QED) is 0.821. The normalized spacial score (nSPS) is 29.8. The van der Waals surface area contributed by atoms with Crippen LogP contribution in [0.25, 0.3) is 0 Å². The highest BCUT2D eigenvalue weighted by Gasteiger charge is 2.45. The maximum Gasteiger partial charge on any atom is 0.128 e. The van der Waals surface area contributed by atoms with E-state index in [0.29, 0.717) is 17.9 Å². The van der Waals surface area contributed by atoms with Gasteiger partial charge in [0.1, 0.15) is 11.6 Å². The highest BCUT2D eigenvalue weighted by Crippen LogP contribution is 2.46. The molecular formula is C23H27FN2O. The van der Waals surface area contributed by atoms with Crippen LogP contribution in [0.4, 0.5) is 4.39 Å². The third-order valence-corrected chi connectivity index (χ3v) is 6.88. The van der Waals surface area contributed by atoms with Crippen LogP contribution in [0.2, 0.25) is 0 Å². The molecule has 0 saturated carbocycles. The highest BCUT2D eigenvalue weighted by molar-refractivity contribution is 5.41. The first kappa shape index (κ1) is 17.2. The van der Waals surface area contributed by atoms with Crippen molar-refractivity contribution < 1.29 is 9.13 Å². The zero-order valence-electron chi connectivity index (χ0n) is 16.1. The number of likely N-dealkylation sites (tertiary alicyclic amines) is 1. The van der Waals surface area contributed by atoms with Gasteiger partial charge in [-0.3, -0.25) is 4.90 Å². The molecule has 0 bridgehead atoms. The number of hydrogen-bond acceptors (Lipinski definition) is 3. The van der Waals surface area contributed by atoms with Gasteiger partial charge in [-0.2, -0.15) is 0 Å². The molecule has 1 saturated heterocycles. The number of aryl methyl sites for hydroxylation is 1. The largest absolute Gasteiger partial charge is 0.493 e. The van der Waals surface area contributed by atoms with Crippen LogP contribution in [-0.4, -0.2) is 49.6 Å². The second kappa shape index (κ2) is 6.61. The predicted octanol–water partition coefficient (Wildman–Crippen LogP) is 3.85. The fraction of sp³-hybridized carbons (Fsp3) is 0.478. The summed E-state index contributed by atoms with van der Waals surface area (Å²) in [5.74, 6) is 1.92. The molecule has 2 heterocycles. The average molecular weight is 366 g/mol. The van der Waals surface area contributed by atoms with Gasteiger partial charge in [-0.1, -0.05) is 30.3 Å². The molecule has 5 rings (SSSR count). The fourth-order valence-corrected chi connectivity index (χ4v) is 5.56. The van der Waals surface area contributed by atoms with Gasteiger partial charge in [-0.25, -0.2) is 4.39 Å². The zero-order valence-corrected chi connectivity index (χ0v) is 16.1. The lowest BCUT2D eigenvalue weighted by molar-refractivity contribution is 0.206. The topological polar surface area (TPSA) is 15.7 Å². The molecule has 2 aliphatic heterocycles. The van der Waals surface area contributed by atoms with Crippen LogP contribution in [0.3, 0.4) is 0 Å². The molecule has 2 aromatic rings. The number of nitrogens with zero attached hydrogens (tertiary/aromatic N) is 2. The third-order valence-electron chi connectivity index (χ3n) is 6.88. The SMILES string of the molecule is CN(C)[C@@H]1CN([C@@H]2CCc3cccc(F)c32)C[C@H]1C1COc2ccccc21. The first-order chi connectivity index (χ1) is 13.1. The Hall–Kier alpha value is -1.91. The van der Waals surface area contributed by atoms with E-state index in [4.69, 9.17) is 4.74 Å². The average Bonchev–Trinajstić information content (AvgIpc) is 3.37. The Bertz CT molecular complexity index is 852. The Morgan fingerprint density at radius 3 is 2.78 bits per heavy atom. The van der Waals surface area contributed by atoms with Crippen molar-refractivity contribution in [3.8, 4) is 5.75 Å². The van der Waals surface area contributed by atoms with E-state index in [2.05, 4.69) is 48.2 Å². The van der Waals surface area contributed by atoms with Crippen molar-refractivity contribution >= 4 is 0 Å². The summed E-state index contributed by atoms with van der Waals surface area (Å²) in [5, 5.41) is 0. The summed E-state index contributed by atoms with van der Waals surface area (Å²) in [6, 6.07) is 14.7. The van der Waals surface area contributed by atoms with Gasteiger partial charge in [0.2, 0.25) is 0 Å². The first-order valence-electron chi connectivity index (χ1n) is 10.0. The third kappa shape index (κ3) is 2.77. The summed E-state index contributed by atoms with van der Waals surface area (Å²) < 4.78 is 20.6. The molecule has 4 heteroatoms. The van der Waals surface area contributed by atoms with E-state index in [9.17, 15) is 4.39 Å². The van der Waals surface area contributed by atoms with Gasteiger partial charge in [0, 0.05) is 42.2 Å². The fourth-order valence-electron chi connectivity index (χ4n) is 5.56. The Kier molecular flexibility index (Phi) is 4.21. The molecule has 142 valence electrons. The van der Waals surface area contributed by atoms with Crippen LogP contribution in [-0.2, 0) is 6.42 Å². The van der Waals surface area contributed by atoms with Crippen molar-refractivity contribution in [2.75, 3.05) is 33.8 Å². The summed E-state index contributed by atoms with van der Waals surface area (Å²) in [5.41, 5.74) is 3.48. The standard InChI is InChI=1S/C23H27FN2O/c1-25(2)21-13-26(20-11-10-15-6-5-8-19(24)23(15)20)12-17(21)18-14-27-22-9-4-3-7-16(18)22/h3-9,17-18,20-21H,10-14H2,1-2H3/t17-,18?,20+,21+/m0/s1. The Balaban J connectivity index is 1.44. The summed E-state index contributed by atoms with van der Waals surface area (Å²) in [6.45, 7) is 2.76. The molecule has 0 aromatic heterocycles. The molecule has 27 heavy (non-hydrogen) atoms. The summed E-state index contributed by atoms with van der Waals surface area (Å²) >= 11 is 0. The van der Waals surface area contributed by atoms with Crippen molar-refractivity contribution in [3.05, 3.63) is 65.0 Å². The van der Waals surface area contributed by atoms with Gasteiger partial charge in [0.05, 0.1) is 6.61 Å².